The van der Waals surface area contributed by atoms with Crippen LogP contribution in [0.4, 0.5) is 0 Å². The third-order valence-electron chi connectivity index (χ3n) is 3.21. The summed E-state index contributed by atoms with van der Waals surface area (Å²) in [5, 5.41) is 7.47. The Morgan fingerprint density at radius 1 is 1.53 bits per heavy atom. The van der Waals surface area contributed by atoms with E-state index < -0.39 is 0 Å². The molecule has 19 heavy (non-hydrogen) atoms. The molecule has 0 aromatic carbocycles. The van der Waals surface area contributed by atoms with Crippen LogP contribution >= 0.6 is 22.6 Å². The Kier molecular flexibility index (Phi) is 4.33. The highest BCUT2D eigenvalue weighted by Gasteiger charge is 2.40. The molecule has 0 aliphatic carbocycles. The van der Waals surface area contributed by atoms with Gasteiger partial charge in [0.25, 0.3) is 5.91 Å². The van der Waals surface area contributed by atoms with Gasteiger partial charge < -0.3 is 10.1 Å². The highest BCUT2D eigenvalue weighted by molar-refractivity contribution is 14.1. The first kappa shape index (κ1) is 14.2. The molecule has 3 rings (SSSR count). The lowest BCUT2D eigenvalue weighted by Crippen LogP contribution is -2.47. The lowest BCUT2D eigenvalue weighted by Gasteiger charge is -2.26. The van der Waals surface area contributed by atoms with Crippen LogP contribution in [0.2, 0.25) is 0 Å². The number of rotatable bonds is 1. The van der Waals surface area contributed by atoms with E-state index >= 15 is 0 Å². The number of carbonyl (C=O) groups is 1. The third-order valence-corrected chi connectivity index (χ3v) is 4.08. The van der Waals surface area contributed by atoms with E-state index in [1.165, 1.54) is 0 Å². The van der Waals surface area contributed by atoms with E-state index in [1.807, 2.05) is 11.6 Å². The number of amides is 1. The summed E-state index contributed by atoms with van der Waals surface area (Å²) in [7, 11) is 0. The van der Waals surface area contributed by atoms with Crippen LogP contribution in [-0.4, -0.2) is 41.1 Å². The molecular weight excluding hydrogens is 365 g/mol. The number of hydrogen-bond acceptors (Lipinski definition) is 5. The molecule has 1 aromatic rings. The summed E-state index contributed by atoms with van der Waals surface area (Å²) in [5.74, 6) is -0.0148. The lowest BCUT2D eigenvalue weighted by molar-refractivity contribution is -0.191. The number of ether oxygens (including phenoxy) is 1. The molecule has 0 bridgehead atoms. The zero-order valence-electron chi connectivity index (χ0n) is 10.2. The van der Waals surface area contributed by atoms with E-state index in [9.17, 15) is 4.79 Å². The van der Waals surface area contributed by atoms with Gasteiger partial charge >= 0.3 is 6.15 Å². The number of aromatic nitrogens is 2. The van der Waals surface area contributed by atoms with Crippen LogP contribution in [0.5, 0.6) is 0 Å². The first-order valence-electron chi connectivity index (χ1n) is 5.78. The minimum absolute atomic E-state index is 0.0148. The average molecular weight is 377 g/mol. The SMILES string of the molecule is CCc1c(I)nn2c1C(=O)N[C@@H]1COC[C@@H]12.O=C=O. The predicted octanol–water partition coefficient (Wildman–Crippen LogP) is 0.150. The van der Waals surface area contributed by atoms with Crippen LogP contribution in [0, 0.1) is 3.70 Å². The first-order valence-corrected chi connectivity index (χ1v) is 6.86. The van der Waals surface area contributed by atoms with Crippen LogP contribution < -0.4 is 5.32 Å². The van der Waals surface area contributed by atoms with Crippen molar-refractivity contribution in [2.75, 3.05) is 13.2 Å². The summed E-state index contributed by atoms with van der Waals surface area (Å²) in [6.45, 7) is 3.27. The van der Waals surface area contributed by atoms with Crippen LogP contribution in [0.3, 0.4) is 0 Å². The highest BCUT2D eigenvalue weighted by atomic mass is 127. The maximum Gasteiger partial charge on any atom is 0.373 e. The van der Waals surface area contributed by atoms with Crippen LogP contribution in [0.1, 0.15) is 29.0 Å². The van der Waals surface area contributed by atoms with E-state index in [1.54, 1.807) is 0 Å². The molecule has 3 heterocycles. The van der Waals surface area contributed by atoms with Crippen LogP contribution in [0.25, 0.3) is 0 Å². The molecular formula is C11H12IN3O4. The quantitative estimate of drug-likeness (QED) is 0.704. The smallest absolute Gasteiger partial charge is 0.373 e. The van der Waals surface area contributed by atoms with Crippen molar-refractivity contribution >= 4 is 34.6 Å². The van der Waals surface area contributed by atoms with E-state index in [0.717, 1.165) is 21.4 Å². The predicted molar refractivity (Wildman–Crippen MR) is 70.4 cm³/mol. The van der Waals surface area contributed by atoms with Gasteiger partial charge in [-0.2, -0.15) is 14.7 Å². The van der Waals surface area contributed by atoms with Crippen molar-refractivity contribution in [3.8, 4) is 0 Å². The van der Waals surface area contributed by atoms with E-state index in [0.29, 0.717) is 13.2 Å². The molecule has 0 spiro atoms. The number of halogens is 1. The second-order valence-electron chi connectivity index (χ2n) is 4.18. The van der Waals surface area contributed by atoms with Gasteiger partial charge in [0.1, 0.15) is 9.39 Å². The molecule has 0 saturated carbocycles. The first-order chi connectivity index (χ1) is 9.13. The fourth-order valence-electron chi connectivity index (χ4n) is 2.39. The van der Waals surface area contributed by atoms with Gasteiger partial charge in [-0.25, -0.2) is 0 Å². The van der Waals surface area contributed by atoms with Gasteiger partial charge in [-0.05, 0) is 29.0 Å². The third kappa shape index (κ3) is 2.43. The Balaban J connectivity index is 0.000000408. The molecule has 0 unspecified atom stereocenters. The van der Waals surface area contributed by atoms with Crippen molar-refractivity contribution in [3.05, 3.63) is 15.0 Å². The molecule has 0 radical (unpaired) electrons. The molecule has 102 valence electrons. The van der Waals surface area contributed by atoms with Crippen molar-refractivity contribution in [3.63, 3.8) is 0 Å². The van der Waals surface area contributed by atoms with Crippen molar-refractivity contribution in [1.29, 1.82) is 0 Å². The summed E-state index contributed by atoms with van der Waals surface area (Å²) < 4.78 is 8.19. The van der Waals surface area contributed by atoms with E-state index in [2.05, 4.69) is 33.0 Å². The summed E-state index contributed by atoms with van der Waals surface area (Å²) in [6.07, 6.45) is 1.08. The second-order valence-corrected chi connectivity index (χ2v) is 5.21. The van der Waals surface area contributed by atoms with Gasteiger partial charge in [-0.15, -0.1) is 0 Å². The Bertz CT molecular complexity index is 536. The molecule has 2 atom stereocenters. The highest BCUT2D eigenvalue weighted by Crippen LogP contribution is 2.29. The maximum absolute atomic E-state index is 12.0. The van der Waals surface area contributed by atoms with Gasteiger partial charge in [0.2, 0.25) is 0 Å². The minimum Gasteiger partial charge on any atom is -0.377 e. The van der Waals surface area contributed by atoms with Gasteiger partial charge in [-0.1, -0.05) is 6.92 Å². The number of nitrogens with one attached hydrogen (secondary N) is 1. The molecule has 1 amide bonds. The lowest BCUT2D eigenvalue weighted by atomic mass is 10.1. The van der Waals surface area contributed by atoms with Crippen molar-refractivity contribution in [1.82, 2.24) is 15.1 Å². The molecule has 1 fully saturated rings. The second kappa shape index (κ2) is 5.81. The molecule has 1 N–H and O–H groups in total. The standard InChI is InChI=1S/C10H12IN3O2.CO2/c1-2-5-8-10(15)12-6-3-16-4-7(6)14(8)13-9(5)11;2-1-3/h6-7H,2-4H2,1H3,(H,12,15);/t6-,7+;/m1./s1. The number of hydrogen-bond donors (Lipinski definition) is 1. The van der Waals surface area contributed by atoms with Crippen LogP contribution in [-0.2, 0) is 20.7 Å². The zero-order valence-corrected chi connectivity index (χ0v) is 12.3. The van der Waals surface area contributed by atoms with Crippen molar-refractivity contribution in [2.24, 2.45) is 0 Å². The van der Waals surface area contributed by atoms with Crippen molar-refractivity contribution in [2.45, 2.75) is 25.4 Å². The average Bonchev–Trinajstić information content (AvgIpc) is 2.93. The number of fused-ring (bicyclic) bond motifs is 3. The van der Waals surface area contributed by atoms with Crippen LogP contribution in [0.15, 0.2) is 0 Å². The maximum atomic E-state index is 12.0. The van der Waals surface area contributed by atoms with Gasteiger partial charge in [0.05, 0.1) is 25.3 Å². The van der Waals surface area contributed by atoms with E-state index in [4.69, 9.17) is 14.3 Å². The Morgan fingerprint density at radius 3 is 2.84 bits per heavy atom. The molecule has 2 aliphatic rings. The van der Waals surface area contributed by atoms with Gasteiger partial charge in [0.15, 0.2) is 0 Å². The topological polar surface area (TPSA) is 90.3 Å². The molecule has 2 aliphatic heterocycles. The van der Waals surface area contributed by atoms with E-state index in [-0.39, 0.29) is 24.1 Å². The number of nitrogens with zero attached hydrogens (tertiary/aromatic N) is 2. The van der Waals surface area contributed by atoms with Gasteiger partial charge in [-0.3, -0.25) is 9.48 Å². The largest absolute Gasteiger partial charge is 0.377 e. The van der Waals surface area contributed by atoms with Crippen molar-refractivity contribution < 1.29 is 19.1 Å². The molecule has 8 heteroatoms. The Hall–Kier alpha value is -1.25. The monoisotopic (exact) mass is 377 g/mol. The molecule has 1 saturated heterocycles. The minimum atomic E-state index is -0.0148. The summed E-state index contributed by atoms with van der Waals surface area (Å²) in [5.41, 5.74) is 1.77. The summed E-state index contributed by atoms with van der Waals surface area (Å²) in [6, 6.07) is 0.252. The summed E-state index contributed by atoms with van der Waals surface area (Å²) in [4.78, 5) is 28.2. The van der Waals surface area contributed by atoms with Gasteiger partial charge in [0, 0.05) is 5.56 Å². The fourth-order valence-corrected chi connectivity index (χ4v) is 3.26. The molecule has 1 aromatic heterocycles. The normalized spacial score (nSPS) is 23.6. The molecule has 7 nitrogen and oxygen atoms in total. The zero-order chi connectivity index (χ0) is 14.0. The Morgan fingerprint density at radius 2 is 2.21 bits per heavy atom. The Labute approximate surface area is 122 Å². The number of carbonyl (C=O) groups excluding carboxylic acids is 3. The summed E-state index contributed by atoms with van der Waals surface area (Å²) >= 11 is 2.19. The fraction of sp³-hybridized carbons (Fsp3) is 0.545.